The second-order valence-electron chi connectivity index (χ2n) is 5.67. The van der Waals surface area contributed by atoms with Crippen LogP contribution in [0.1, 0.15) is 24.4 Å². The van der Waals surface area contributed by atoms with Gasteiger partial charge in [0.2, 0.25) is 5.88 Å². The van der Waals surface area contributed by atoms with E-state index in [1.165, 1.54) is 29.0 Å². The molecule has 0 bridgehead atoms. The summed E-state index contributed by atoms with van der Waals surface area (Å²) in [5, 5.41) is 7.93. The Hall–Kier alpha value is -3.10. The van der Waals surface area contributed by atoms with E-state index in [-0.39, 0.29) is 11.4 Å². The predicted molar refractivity (Wildman–Crippen MR) is 89.1 cm³/mol. The molecule has 0 amide bonds. The van der Waals surface area contributed by atoms with Gasteiger partial charge in [0.1, 0.15) is 0 Å². The number of nitrogen functional groups attached to an aromatic ring is 1. The van der Waals surface area contributed by atoms with Gasteiger partial charge in [0, 0.05) is 18.7 Å². The highest BCUT2D eigenvalue weighted by atomic mass is 19.4. The average Bonchev–Trinajstić information content (AvgIpc) is 2.98. The molecule has 0 aliphatic heterocycles. The molecule has 1 aromatic carbocycles. The number of benzene rings is 1. The van der Waals surface area contributed by atoms with Crippen LogP contribution in [0.5, 0.6) is 5.88 Å². The van der Waals surface area contributed by atoms with Crippen LogP contribution in [0.15, 0.2) is 42.6 Å². The van der Waals surface area contributed by atoms with E-state index in [0.29, 0.717) is 17.4 Å². The summed E-state index contributed by atoms with van der Waals surface area (Å²) < 4.78 is 46.9. The summed E-state index contributed by atoms with van der Waals surface area (Å²) in [6.07, 6.45) is -3.61. The first kappa shape index (κ1) is 17.7. The van der Waals surface area contributed by atoms with E-state index in [9.17, 15) is 13.2 Å². The summed E-state index contributed by atoms with van der Waals surface area (Å²) >= 11 is 0. The van der Waals surface area contributed by atoms with Crippen LogP contribution in [0.3, 0.4) is 0 Å². The normalized spacial score (nSPS) is 12.8. The van der Waals surface area contributed by atoms with Gasteiger partial charge in [-0.25, -0.2) is 4.98 Å². The number of nitrogens with zero attached hydrogens (tertiary/aromatic N) is 4. The fourth-order valence-electron chi connectivity index (χ4n) is 2.55. The van der Waals surface area contributed by atoms with E-state index in [2.05, 4.69) is 15.2 Å². The van der Waals surface area contributed by atoms with E-state index in [4.69, 9.17) is 10.5 Å². The second kappa shape index (κ2) is 6.66. The Morgan fingerprint density at radius 3 is 2.50 bits per heavy atom. The minimum atomic E-state index is -4.49. The Kier molecular flexibility index (Phi) is 4.54. The fraction of sp³-hybridized carbons (Fsp3) is 0.235. The van der Waals surface area contributed by atoms with Gasteiger partial charge in [-0.3, -0.25) is 0 Å². The highest BCUT2D eigenvalue weighted by molar-refractivity contribution is 5.61. The summed E-state index contributed by atoms with van der Waals surface area (Å²) in [5.74, 6) is 0.802. The molecule has 2 aromatic heterocycles. The van der Waals surface area contributed by atoms with Crippen LogP contribution < -0.4 is 10.5 Å². The monoisotopic (exact) mass is 363 g/mol. The molecule has 2 heterocycles. The van der Waals surface area contributed by atoms with Crippen LogP contribution in [-0.2, 0) is 13.2 Å². The minimum Gasteiger partial charge on any atom is -0.466 e. The summed E-state index contributed by atoms with van der Waals surface area (Å²) in [7, 11) is 1.59. The number of halogens is 3. The van der Waals surface area contributed by atoms with Crippen molar-refractivity contribution >= 4 is 5.69 Å². The van der Waals surface area contributed by atoms with Crippen molar-refractivity contribution in [2.45, 2.75) is 19.2 Å². The Morgan fingerprint density at radius 2 is 1.85 bits per heavy atom. The molecule has 0 fully saturated rings. The molecule has 0 radical (unpaired) electrons. The molecule has 3 rings (SSSR count). The number of anilines is 1. The van der Waals surface area contributed by atoms with Gasteiger partial charge in [-0.1, -0.05) is 18.2 Å². The number of pyridine rings is 1. The predicted octanol–water partition coefficient (Wildman–Crippen LogP) is 3.62. The Bertz CT molecular complexity index is 906. The number of ether oxygens (including phenoxy) is 1. The highest BCUT2D eigenvalue weighted by Gasteiger charge is 2.34. The molecule has 0 aliphatic rings. The first-order chi connectivity index (χ1) is 12.3. The number of rotatable bonds is 4. The summed E-state index contributed by atoms with van der Waals surface area (Å²) in [6, 6.07) is 8.48. The molecule has 0 aliphatic carbocycles. The van der Waals surface area contributed by atoms with E-state index in [0.717, 1.165) is 6.07 Å². The molecule has 6 nitrogen and oxygen atoms in total. The van der Waals surface area contributed by atoms with Gasteiger partial charge in [0.25, 0.3) is 0 Å². The zero-order chi connectivity index (χ0) is 18.9. The molecule has 0 spiro atoms. The van der Waals surface area contributed by atoms with Crippen LogP contribution in [0.25, 0.3) is 11.4 Å². The van der Waals surface area contributed by atoms with Crippen molar-refractivity contribution in [2.75, 3.05) is 5.73 Å². The lowest BCUT2D eigenvalue weighted by atomic mass is 10.1. The molecule has 1 atom stereocenters. The summed E-state index contributed by atoms with van der Waals surface area (Å²) in [5.41, 5.74) is 5.26. The zero-order valence-corrected chi connectivity index (χ0v) is 14.0. The highest BCUT2D eigenvalue weighted by Crippen LogP contribution is 2.36. The quantitative estimate of drug-likeness (QED) is 0.766. The van der Waals surface area contributed by atoms with E-state index >= 15 is 0 Å². The maximum atomic E-state index is 13.3. The summed E-state index contributed by atoms with van der Waals surface area (Å²) in [6.45, 7) is 1.71. The first-order valence-electron chi connectivity index (χ1n) is 7.71. The second-order valence-corrected chi connectivity index (χ2v) is 5.67. The molecule has 2 N–H and O–H groups in total. The Balaban J connectivity index is 1.92. The fourth-order valence-corrected chi connectivity index (χ4v) is 2.55. The molecule has 0 unspecified atom stereocenters. The third kappa shape index (κ3) is 3.46. The number of alkyl halides is 3. The minimum absolute atomic E-state index is 0.0425. The number of nitrogens with two attached hydrogens (primary N) is 1. The van der Waals surface area contributed by atoms with Gasteiger partial charge < -0.3 is 15.0 Å². The van der Waals surface area contributed by atoms with Gasteiger partial charge in [-0.2, -0.15) is 13.2 Å². The lowest BCUT2D eigenvalue weighted by Crippen LogP contribution is -2.12. The van der Waals surface area contributed by atoms with Crippen molar-refractivity contribution in [3.8, 4) is 17.3 Å². The molecule has 136 valence electrons. The smallest absolute Gasteiger partial charge is 0.417 e. The molecular formula is C17H16F3N5O. The van der Waals surface area contributed by atoms with Gasteiger partial charge in [0.15, 0.2) is 17.8 Å². The third-order valence-electron chi connectivity index (χ3n) is 3.80. The molecule has 26 heavy (non-hydrogen) atoms. The van der Waals surface area contributed by atoms with E-state index < -0.39 is 17.8 Å². The number of aromatic nitrogens is 4. The van der Waals surface area contributed by atoms with Gasteiger partial charge in [-0.05, 0) is 19.1 Å². The van der Waals surface area contributed by atoms with Crippen LogP contribution in [0, 0.1) is 0 Å². The lowest BCUT2D eigenvalue weighted by molar-refractivity contribution is -0.137. The van der Waals surface area contributed by atoms with Crippen LogP contribution in [-0.4, -0.2) is 19.7 Å². The van der Waals surface area contributed by atoms with Gasteiger partial charge >= 0.3 is 6.18 Å². The van der Waals surface area contributed by atoms with Gasteiger partial charge in [-0.15, -0.1) is 10.2 Å². The van der Waals surface area contributed by atoms with Crippen molar-refractivity contribution < 1.29 is 17.9 Å². The van der Waals surface area contributed by atoms with Crippen LogP contribution in [0.4, 0.5) is 18.9 Å². The van der Waals surface area contributed by atoms with E-state index in [1.807, 2.05) is 0 Å². The van der Waals surface area contributed by atoms with Crippen LogP contribution in [0.2, 0.25) is 0 Å². The topological polar surface area (TPSA) is 78.8 Å². The lowest BCUT2D eigenvalue weighted by Gasteiger charge is -2.15. The zero-order valence-electron chi connectivity index (χ0n) is 14.0. The molecule has 3 aromatic rings. The molecule has 9 heteroatoms. The first-order valence-corrected chi connectivity index (χ1v) is 7.71. The van der Waals surface area contributed by atoms with Gasteiger partial charge in [0.05, 0.1) is 17.4 Å². The Labute approximate surface area is 147 Å². The number of hydrogen-bond acceptors (Lipinski definition) is 5. The van der Waals surface area contributed by atoms with E-state index in [1.54, 1.807) is 26.1 Å². The largest absolute Gasteiger partial charge is 0.466 e. The molecular weight excluding hydrogens is 347 g/mol. The van der Waals surface area contributed by atoms with Crippen LogP contribution >= 0.6 is 0 Å². The van der Waals surface area contributed by atoms with Crippen molar-refractivity contribution in [1.29, 1.82) is 0 Å². The number of hydrogen-bond donors (Lipinski definition) is 1. The van der Waals surface area contributed by atoms with Crippen molar-refractivity contribution in [1.82, 2.24) is 19.7 Å². The SMILES string of the molecule is C[C@H](Oc1ccc(N)cn1)c1nnc(-c2ccccc2C(F)(F)F)n1C. The maximum Gasteiger partial charge on any atom is 0.417 e. The molecule has 0 saturated carbocycles. The van der Waals surface area contributed by atoms with Crippen molar-refractivity contribution in [2.24, 2.45) is 7.05 Å². The van der Waals surface area contributed by atoms with Crippen molar-refractivity contribution in [3.63, 3.8) is 0 Å². The van der Waals surface area contributed by atoms with Crippen molar-refractivity contribution in [3.05, 3.63) is 54.0 Å². The maximum absolute atomic E-state index is 13.3. The summed E-state index contributed by atoms with van der Waals surface area (Å²) in [4.78, 5) is 4.03. The third-order valence-corrected chi connectivity index (χ3v) is 3.80. The Morgan fingerprint density at radius 1 is 1.12 bits per heavy atom. The average molecular weight is 363 g/mol. The molecule has 0 saturated heterocycles. The standard InChI is InChI=1S/C17H16F3N5O/c1-10(26-14-8-7-11(21)9-22-14)15-23-24-16(25(15)2)12-5-3-4-6-13(12)17(18,19)20/h3-10H,21H2,1-2H3/t10-/m0/s1.